The molecule has 7 rings (SSSR count). The van der Waals surface area contributed by atoms with Crippen molar-refractivity contribution < 1.29 is 14.4 Å². The highest BCUT2D eigenvalue weighted by molar-refractivity contribution is 8.00. The van der Waals surface area contributed by atoms with Crippen molar-refractivity contribution >= 4 is 86.2 Å². The lowest BCUT2D eigenvalue weighted by Crippen LogP contribution is -2.33. The molecule has 214 valence electrons. The first-order chi connectivity index (χ1) is 20.8. The zero-order valence-electron chi connectivity index (χ0n) is 22.2. The van der Waals surface area contributed by atoms with Gasteiger partial charge in [-0.1, -0.05) is 107 Å². The van der Waals surface area contributed by atoms with Gasteiger partial charge >= 0.3 is 4.87 Å². The van der Waals surface area contributed by atoms with E-state index < -0.39 is 23.0 Å². The van der Waals surface area contributed by atoms with Crippen LogP contribution in [0.4, 0.5) is 11.4 Å². The van der Waals surface area contributed by atoms with Gasteiger partial charge in [-0.05, 0) is 46.7 Å². The quantitative estimate of drug-likeness (QED) is 0.212. The number of thiazole rings is 1. The molecule has 11 heteroatoms. The van der Waals surface area contributed by atoms with Gasteiger partial charge in [0, 0.05) is 16.5 Å². The first-order valence-corrected chi connectivity index (χ1v) is 15.8. The normalized spacial score (nSPS) is 19.4. The van der Waals surface area contributed by atoms with Crippen molar-refractivity contribution in [2.75, 3.05) is 10.2 Å². The Morgan fingerprint density at radius 3 is 2.37 bits per heavy atom. The van der Waals surface area contributed by atoms with Crippen LogP contribution >= 0.6 is 46.3 Å². The highest BCUT2D eigenvalue weighted by atomic mass is 35.5. The Kier molecular flexibility index (Phi) is 7.13. The maximum atomic E-state index is 14.0. The van der Waals surface area contributed by atoms with Crippen LogP contribution in [0.1, 0.15) is 16.4 Å². The van der Waals surface area contributed by atoms with Crippen molar-refractivity contribution in [1.29, 1.82) is 0 Å². The fourth-order valence-electron chi connectivity index (χ4n) is 5.79. The third-order valence-corrected chi connectivity index (χ3v) is 11.2. The minimum absolute atomic E-state index is 0.255. The molecule has 3 amide bonds. The number of hydrogen-bond donors (Lipinski definition) is 1. The van der Waals surface area contributed by atoms with Gasteiger partial charge < -0.3 is 5.32 Å². The summed E-state index contributed by atoms with van der Waals surface area (Å²) in [5.74, 6) is -2.68. The summed E-state index contributed by atoms with van der Waals surface area (Å²) >= 11 is 15.2. The topological polar surface area (TPSA) is 88.5 Å². The lowest BCUT2D eigenvalue weighted by atomic mass is 9.83. The Hall–Kier alpha value is -3.89. The number of carbonyl (C=O) groups excluding carboxylic acids is 3. The summed E-state index contributed by atoms with van der Waals surface area (Å²) in [5.41, 5.74) is 1.63. The Balaban J connectivity index is 1.28. The van der Waals surface area contributed by atoms with Crippen LogP contribution in [-0.2, 0) is 20.9 Å². The third-order valence-electron chi connectivity index (χ3n) is 7.72. The summed E-state index contributed by atoms with van der Waals surface area (Å²) in [5, 5.41) is 5.10. The van der Waals surface area contributed by atoms with E-state index >= 15 is 0 Å². The molecule has 1 saturated heterocycles. The molecule has 7 nitrogen and oxygen atoms in total. The molecule has 0 radical (unpaired) electrons. The number of aromatic nitrogens is 1. The van der Waals surface area contributed by atoms with Crippen LogP contribution in [0.5, 0.6) is 0 Å². The Labute approximate surface area is 264 Å². The van der Waals surface area contributed by atoms with Gasteiger partial charge in [0.1, 0.15) is 11.8 Å². The monoisotopic (exact) mass is 645 g/mol. The van der Waals surface area contributed by atoms with Crippen molar-refractivity contribution in [3.8, 4) is 0 Å². The molecule has 3 unspecified atom stereocenters. The summed E-state index contributed by atoms with van der Waals surface area (Å²) < 4.78 is 1.38. The number of anilines is 2. The average molecular weight is 647 g/mol. The smallest absolute Gasteiger partial charge is 0.308 e. The van der Waals surface area contributed by atoms with E-state index in [1.165, 1.54) is 9.47 Å². The minimum Gasteiger partial charge on any atom is -0.325 e. The number of fused-ring (bicyclic) bond motifs is 3. The predicted octanol–water partition coefficient (Wildman–Crippen LogP) is 6.80. The van der Waals surface area contributed by atoms with Gasteiger partial charge in [0.2, 0.25) is 17.7 Å². The number of nitrogens with one attached hydrogen (secondary N) is 1. The molecule has 2 aliphatic heterocycles. The lowest BCUT2D eigenvalue weighted by molar-refractivity contribution is -0.122. The Bertz CT molecular complexity index is 2010. The first-order valence-electron chi connectivity index (χ1n) is 13.4. The standard InChI is InChI=1S/C32H21Cl2N3O4S2/c33-22-12-6-11-21(26(22)34)24-25-27(30(40)37(29(25)39)20-9-2-1-3-10-20)42-31-28(24)43-32(41)36(31)16-23(38)35-19-14-13-17-7-4-5-8-18(17)15-19/h1-15,24-25,27H,16H2,(H,35,38). The minimum atomic E-state index is -0.830. The summed E-state index contributed by atoms with van der Waals surface area (Å²) in [7, 11) is 0. The molecular formula is C32H21Cl2N3O4S2. The number of imide groups is 1. The highest BCUT2D eigenvalue weighted by Gasteiger charge is 2.57. The summed E-state index contributed by atoms with van der Waals surface area (Å²) in [6.45, 7) is -0.261. The summed E-state index contributed by atoms with van der Waals surface area (Å²) in [6.07, 6.45) is 0. The van der Waals surface area contributed by atoms with Crippen molar-refractivity contribution in [1.82, 2.24) is 4.57 Å². The van der Waals surface area contributed by atoms with Crippen LogP contribution in [0.15, 0.2) is 101 Å². The van der Waals surface area contributed by atoms with Gasteiger partial charge in [0.15, 0.2) is 0 Å². The van der Waals surface area contributed by atoms with Crippen LogP contribution in [0.25, 0.3) is 10.8 Å². The van der Waals surface area contributed by atoms with E-state index in [4.69, 9.17) is 23.2 Å². The molecule has 0 aliphatic carbocycles. The second kappa shape index (κ2) is 11.0. The molecule has 4 aromatic carbocycles. The maximum absolute atomic E-state index is 14.0. The zero-order chi connectivity index (χ0) is 29.8. The van der Waals surface area contributed by atoms with Crippen molar-refractivity contribution in [2.45, 2.75) is 22.7 Å². The molecule has 1 N–H and O–H groups in total. The molecule has 1 fully saturated rings. The number of para-hydroxylation sites is 1. The molecule has 2 aliphatic rings. The molecule has 3 atom stereocenters. The Morgan fingerprint density at radius 1 is 0.837 bits per heavy atom. The third kappa shape index (κ3) is 4.77. The SMILES string of the molecule is O=C(Cn1c2c(sc1=O)C(c1cccc(Cl)c1Cl)C1C(=O)N(c3ccccc3)C(=O)C1S2)Nc1ccc2ccccc2c1. The molecule has 43 heavy (non-hydrogen) atoms. The molecule has 0 saturated carbocycles. The number of carbonyl (C=O) groups is 3. The van der Waals surface area contributed by atoms with E-state index in [-0.39, 0.29) is 28.3 Å². The zero-order valence-corrected chi connectivity index (χ0v) is 25.3. The van der Waals surface area contributed by atoms with Crippen molar-refractivity contribution in [2.24, 2.45) is 5.92 Å². The number of hydrogen-bond acceptors (Lipinski definition) is 6. The van der Waals surface area contributed by atoms with Gasteiger partial charge in [-0.2, -0.15) is 0 Å². The van der Waals surface area contributed by atoms with Gasteiger partial charge in [-0.15, -0.1) is 0 Å². The highest BCUT2D eigenvalue weighted by Crippen LogP contribution is 2.55. The number of amides is 3. The Morgan fingerprint density at radius 2 is 1.58 bits per heavy atom. The van der Waals surface area contributed by atoms with E-state index in [0.717, 1.165) is 33.9 Å². The molecular weight excluding hydrogens is 625 g/mol. The van der Waals surface area contributed by atoms with E-state index in [1.54, 1.807) is 42.5 Å². The number of nitrogens with zero attached hydrogens (tertiary/aromatic N) is 2. The van der Waals surface area contributed by atoms with Gasteiger partial charge in [-0.3, -0.25) is 23.7 Å². The lowest BCUT2D eigenvalue weighted by Gasteiger charge is -2.31. The molecule has 0 spiro atoms. The number of rotatable bonds is 5. The second-order valence-corrected chi connectivity index (χ2v) is 13.2. The number of thioether (sulfide) groups is 1. The van der Waals surface area contributed by atoms with E-state index in [0.29, 0.717) is 31.9 Å². The maximum Gasteiger partial charge on any atom is 0.308 e. The van der Waals surface area contributed by atoms with Gasteiger partial charge in [0.25, 0.3) is 0 Å². The fraction of sp³-hybridized carbons (Fsp3) is 0.125. The largest absolute Gasteiger partial charge is 0.325 e. The van der Waals surface area contributed by atoms with Gasteiger partial charge in [-0.25, -0.2) is 4.90 Å². The van der Waals surface area contributed by atoms with Gasteiger partial charge in [0.05, 0.1) is 26.7 Å². The van der Waals surface area contributed by atoms with Crippen LogP contribution in [0.2, 0.25) is 10.0 Å². The molecule has 3 heterocycles. The second-order valence-electron chi connectivity index (χ2n) is 10.3. The predicted molar refractivity (Wildman–Crippen MR) is 172 cm³/mol. The van der Waals surface area contributed by atoms with Crippen LogP contribution in [0, 0.1) is 5.92 Å². The van der Waals surface area contributed by atoms with E-state index in [2.05, 4.69) is 5.32 Å². The van der Waals surface area contributed by atoms with Crippen LogP contribution in [0.3, 0.4) is 0 Å². The van der Waals surface area contributed by atoms with Crippen LogP contribution < -0.4 is 15.1 Å². The van der Waals surface area contributed by atoms with Crippen LogP contribution in [-0.4, -0.2) is 27.5 Å². The molecule has 5 aromatic rings. The van der Waals surface area contributed by atoms with E-state index in [1.807, 2.05) is 48.5 Å². The summed E-state index contributed by atoms with van der Waals surface area (Å²) in [6, 6.07) is 27.3. The van der Waals surface area contributed by atoms with Crippen molar-refractivity contribution in [3.05, 3.63) is 121 Å². The van der Waals surface area contributed by atoms with E-state index in [9.17, 15) is 19.2 Å². The fourth-order valence-corrected chi connectivity index (χ4v) is 8.98. The summed E-state index contributed by atoms with van der Waals surface area (Å²) in [4.78, 5) is 55.9. The number of halogens is 2. The first kappa shape index (κ1) is 27.9. The molecule has 0 bridgehead atoms. The number of benzene rings is 4. The van der Waals surface area contributed by atoms with Crippen molar-refractivity contribution in [3.63, 3.8) is 0 Å². The average Bonchev–Trinajstić information content (AvgIpc) is 3.45. The molecule has 1 aromatic heterocycles.